The Morgan fingerprint density at radius 3 is 2.29 bits per heavy atom. The summed E-state index contributed by atoms with van der Waals surface area (Å²) in [6, 6.07) is 21.4. The van der Waals surface area contributed by atoms with E-state index in [4.69, 9.17) is 15.6 Å². The first-order chi connectivity index (χ1) is 18.5. The number of halogens is 1. The number of benzene rings is 3. The average molecular weight is 520 g/mol. The van der Waals surface area contributed by atoms with Gasteiger partial charge >= 0.3 is 5.97 Å². The van der Waals surface area contributed by atoms with Crippen molar-refractivity contribution in [3.8, 4) is 5.75 Å². The molecule has 6 nitrogen and oxygen atoms in total. The molecule has 1 fully saturated rings. The van der Waals surface area contributed by atoms with Gasteiger partial charge in [0.1, 0.15) is 18.2 Å². The van der Waals surface area contributed by atoms with Crippen LogP contribution in [0, 0.1) is 5.82 Å². The van der Waals surface area contributed by atoms with Crippen molar-refractivity contribution in [2.45, 2.75) is 32.1 Å². The molecule has 4 rings (SSSR count). The molecule has 1 heterocycles. The smallest absolute Gasteiger partial charge is 0.303 e. The van der Waals surface area contributed by atoms with E-state index in [-0.39, 0.29) is 12.2 Å². The van der Waals surface area contributed by atoms with Crippen molar-refractivity contribution in [3.63, 3.8) is 0 Å². The van der Waals surface area contributed by atoms with Crippen molar-refractivity contribution in [1.29, 1.82) is 0 Å². The third-order valence-corrected chi connectivity index (χ3v) is 7.04. The molecule has 0 saturated carbocycles. The maximum atomic E-state index is 13.6. The first kappa shape index (κ1) is 27.6. The molecule has 38 heavy (non-hydrogen) atoms. The van der Waals surface area contributed by atoms with E-state index in [1.54, 1.807) is 12.1 Å². The standard InChI is InChI=1S/C31H38FN3O3/c32-28-5-3-6-29(23-28)35-16-14-34(15-17-35)18-19-38-30-7-2-1-4-27(30)10-8-24-20-25(9-11-31(36)37)22-26(21-24)12-13-33/h1-7,20-23H,8-19,33H2,(H,36,37). The summed E-state index contributed by atoms with van der Waals surface area (Å²) >= 11 is 0. The Morgan fingerprint density at radius 2 is 1.58 bits per heavy atom. The summed E-state index contributed by atoms with van der Waals surface area (Å²) in [5.41, 5.74) is 11.3. The van der Waals surface area contributed by atoms with Crippen LogP contribution in [0.25, 0.3) is 0 Å². The summed E-state index contributed by atoms with van der Waals surface area (Å²) in [6.07, 6.45) is 3.12. The van der Waals surface area contributed by atoms with E-state index in [0.717, 1.165) is 74.6 Å². The Bertz CT molecular complexity index is 1190. The van der Waals surface area contributed by atoms with Crippen LogP contribution in [0.15, 0.2) is 66.7 Å². The fourth-order valence-corrected chi connectivity index (χ4v) is 5.01. The molecule has 0 unspecified atom stereocenters. The molecule has 202 valence electrons. The van der Waals surface area contributed by atoms with Gasteiger partial charge in [-0.1, -0.05) is 42.5 Å². The van der Waals surface area contributed by atoms with Gasteiger partial charge in [0.15, 0.2) is 0 Å². The first-order valence-electron chi connectivity index (χ1n) is 13.5. The highest BCUT2D eigenvalue weighted by atomic mass is 19.1. The number of nitrogens with zero attached hydrogens (tertiary/aromatic N) is 2. The number of aryl methyl sites for hydroxylation is 3. The lowest BCUT2D eigenvalue weighted by Gasteiger charge is -2.36. The van der Waals surface area contributed by atoms with Gasteiger partial charge in [0.25, 0.3) is 0 Å². The predicted molar refractivity (Wildman–Crippen MR) is 150 cm³/mol. The molecular formula is C31H38FN3O3. The topological polar surface area (TPSA) is 79.0 Å². The Labute approximate surface area is 224 Å². The minimum absolute atomic E-state index is 0.127. The van der Waals surface area contributed by atoms with E-state index in [0.29, 0.717) is 19.6 Å². The quantitative estimate of drug-likeness (QED) is 0.350. The van der Waals surface area contributed by atoms with Crippen LogP contribution >= 0.6 is 0 Å². The van der Waals surface area contributed by atoms with Gasteiger partial charge in [-0.15, -0.1) is 0 Å². The third kappa shape index (κ3) is 8.30. The van der Waals surface area contributed by atoms with Gasteiger partial charge < -0.3 is 20.5 Å². The van der Waals surface area contributed by atoms with Crippen LogP contribution in [0.3, 0.4) is 0 Å². The van der Waals surface area contributed by atoms with Crippen LogP contribution in [-0.2, 0) is 30.5 Å². The number of nitrogens with two attached hydrogens (primary N) is 1. The summed E-state index contributed by atoms with van der Waals surface area (Å²) in [5, 5.41) is 9.07. The lowest BCUT2D eigenvalue weighted by molar-refractivity contribution is -0.136. The minimum Gasteiger partial charge on any atom is -0.492 e. The molecular weight excluding hydrogens is 481 g/mol. The van der Waals surface area contributed by atoms with E-state index in [1.807, 2.05) is 24.3 Å². The summed E-state index contributed by atoms with van der Waals surface area (Å²) in [5.74, 6) is -0.0655. The van der Waals surface area contributed by atoms with E-state index in [9.17, 15) is 9.18 Å². The summed E-state index contributed by atoms with van der Waals surface area (Å²) in [6.45, 7) is 5.62. The Hall–Kier alpha value is -3.42. The third-order valence-electron chi connectivity index (χ3n) is 7.04. The molecule has 3 aromatic carbocycles. The van der Waals surface area contributed by atoms with E-state index < -0.39 is 5.97 Å². The molecule has 0 aliphatic carbocycles. The van der Waals surface area contributed by atoms with Crippen LogP contribution in [0.2, 0.25) is 0 Å². The molecule has 0 atom stereocenters. The number of carboxylic acids is 1. The van der Waals surface area contributed by atoms with Gasteiger partial charge in [-0.05, 0) is 78.7 Å². The van der Waals surface area contributed by atoms with Crippen LogP contribution in [-0.4, -0.2) is 61.9 Å². The highest BCUT2D eigenvalue weighted by molar-refractivity contribution is 5.67. The van der Waals surface area contributed by atoms with Gasteiger partial charge in [-0.25, -0.2) is 4.39 Å². The number of carboxylic acid groups (broad SMARTS) is 1. The molecule has 0 bridgehead atoms. The van der Waals surface area contributed by atoms with Gasteiger partial charge in [0, 0.05) is 44.8 Å². The van der Waals surface area contributed by atoms with Crippen LogP contribution in [0.5, 0.6) is 5.75 Å². The van der Waals surface area contributed by atoms with E-state index >= 15 is 0 Å². The lowest BCUT2D eigenvalue weighted by atomic mass is 9.96. The number of ether oxygens (including phenoxy) is 1. The van der Waals surface area contributed by atoms with Gasteiger partial charge in [0.2, 0.25) is 0 Å². The second kappa shape index (κ2) is 13.9. The Balaban J connectivity index is 1.28. The zero-order chi connectivity index (χ0) is 26.7. The summed E-state index contributed by atoms with van der Waals surface area (Å²) in [7, 11) is 0. The van der Waals surface area contributed by atoms with Gasteiger partial charge in [-0.2, -0.15) is 0 Å². The molecule has 3 aromatic rings. The Morgan fingerprint density at radius 1 is 0.868 bits per heavy atom. The molecule has 1 aliphatic heterocycles. The highest BCUT2D eigenvalue weighted by Crippen LogP contribution is 2.22. The number of para-hydroxylation sites is 1. The van der Waals surface area contributed by atoms with Crippen molar-refractivity contribution < 1.29 is 19.0 Å². The fraction of sp³-hybridized carbons (Fsp3) is 0.387. The largest absolute Gasteiger partial charge is 0.492 e. The summed E-state index contributed by atoms with van der Waals surface area (Å²) in [4.78, 5) is 15.7. The second-order valence-corrected chi connectivity index (χ2v) is 9.85. The number of rotatable bonds is 13. The average Bonchev–Trinajstić information content (AvgIpc) is 2.92. The number of anilines is 1. The number of aliphatic carboxylic acids is 1. The van der Waals surface area contributed by atoms with Crippen molar-refractivity contribution in [2.75, 3.05) is 50.8 Å². The van der Waals surface area contributed by atoms with Crippen LogP contribution < -0.4 is 15.4 Å². The summed E-state index contributed by atoms with van der Waals surface area (Å²) < 4.78 is 19.8. The number of piperazine rings is 1. The van der Waals surface area contributed by atoms with Gasteiger partial charge in [-0.3, -0.25) is 9.69 Å². The SMILES string of the molecule is NCCc1cc(CCC(=O)O)cc(CCc2ccccc2OCCN2CCN(c3cccc(F)c3)CC2)c1. The fourth-order valence-electron chi connectivity index (χ4n) is 5.01. The number of hydrogen-bond donors (Lipinski definition) is 2. The normalized spacial score (nSPS) is 14.0. The molecule has 3 N–H and O–H groups in total. The first-order valence-corrected chi connectivity index (χ1v) is 13.5. The Kier molecular flexibility index (Phi) is 10.1. The molecule has 1 saturated heterocycles. The van der Waals surface area contributed by atoms with Gasteiger partial charge in [0.05, 0.1) is 0 Å². The van der Waals surface area contributed by atoms with Crippen molar-refractivity contribution >= 4 is 11.7 Å². The highest BCUT2D eigenvalue weighted by Gasteiger charge is 2.17. The molecule has 0 aromatic heterocycles. The van der Waals surface area contributed by atoms with Crippen LogP contribution in [0.1, 0.15) is 28.7 Å². The molecule has 1 aliphatic rings. The monoisotopic (exact) mass is 519 g/mol. The molecule has 0 amide bonds. The lowest BCUT2D eigenvalue weighted by Crippen LogP contribution is -2.47. The molecule has 7 heteroatoms. The molecule has 0 radical (unpaired) electrons. The zero-order valence-electron chi connectivity index (χ0n) is 21.9. The molecule has 0 spiro atoms. The zero-order valence-corrected chi connectivity index (χ0v) is 21.9. The predicted octanol–water partition coefficient (Wildman–Crippen LogP) is 4.33. The van der Waals surface area contributed by atoms with E-state index in [2.05, 4.69) is 34.1 Å². The number of carbonyl (C=O) groups is 1. The minimum atomic E-state index is -0.782. The second-order valence-electron chi connectivity index (χ2n) is 9.85. The van der Waals surface area contributed by atoms with Crippen LogP contribution in [0.4, 0.5) is 10.1 Å². The maximum absolute atomic E-state index is 13.6. The number of hydrogen-bond acceptors (Lipinski definition) is 5. The maximum Gasteiger partial charge on any atom is 0.303 e. The van der Waals surface area contributed by atoms with Crippen molar-refractivity contribution in [2.24, 2.45) is 5.73 Å². The van der Waals surface area contributed by atoms with Crippen molar-refractivity contribution in [1.82, 2.24) is 4.90 Å². The van der Waals surface area contributed by atoms with E-state index in [1.165, 1.54) is 17.2 Å². The van der Waals surface area contributed by atoms with Crippen molar-refractivity contribution in [3.05, 3.63) is 94.8 Å².